The van der Waals surface area contributed by atoms with Crippen LogP contribution in [0.1, 0.15) is 64.8 Å². The zero-order chi connectivity index (χ0) is 23.7. The van der Waals surface area contributed by atoms with Crippen LogP contribution in [0.15, 0.2) is 29.4 Å². The third-order valence-electron chi connectivity index (χ3n) is 5.06. The summed E-state index contributed by atoms with van der Waals surface area (Å²) in [5.41, 5.74) is -1.99. The molecular weight excluding hydrogens is 445 g/mol. The number of hydrogen-bond acceptors (Lipinski definition) is 5. The fourth-order valence-electron chi connectivity index (χ4n) is 3.28. The second-order valence-corrected chi connectivity index (χ2v) is 9.59. The van der Waals surface area contributed by atoms with Crippen LogP contribution in [-0.4, -0.2) is 36.3 Å². The van der Waals surface area contributed by atoms with Crippen molar-refractivity contribution in [1.29, 1.82) is 0 Å². The van der Waals surface area contributed by atoms with E-state index in [2.05, 4.69) is 9.73 Å². The molecule has 0 saturated carbocycles. The second-order valence-electron chi connectivity index (χ2n) is 8.58. The number of esters is 1. The number of aromatic nitrogens is 1. The molecule has 2 heterocycles. The number of carbonyl (C=O) groups is 2. The van der Waals surface area contributed by atoms with Crippen molar-refractivity contribution >= 4 is 23.2 Å². The summed E-state index contributed by atoms with van der Waals surface area (Å²) >= 11 is 1.28. The topological polar surface area (TPSA) is 69.9 Å². The number of thiazole rings is 1. The highest BCUT2D eigenvalue weighted by atomic mass is 32.1. The van der Waals surface area contributed by atoms with Gasteiger partial charge in [-0.05, 0) is 36.5 Å². The van der Waals surface area contributed by atoms with E-state index in [9.17, 15) is 22.8 Å². The maximum absolute atomic E-state index is 13.2. The minimum Gasteiger partial charge on any atom is -0.465 e. The Balaban J connectivity index is 2.10. The van der Waals surface area contributed by atoms with Gasteiger partial charge in [-0.2, -0.15) is 18.2 Å². The molecule has 3 rings (SSSR count). The van der Waals surface area contributed by atoms with Gasteiger partial charge in [0.25, 0.3) is 5.91 Å². The Morgan fingerprint density at radius 1 is 1.25 bits per heavy atom. The molecule has 0 radical (unpaired) electrons. The number of hydrogen-bond donors (Lipinski definition) is 0. The lowest BCUT2D eigenvalue weighted by Crippen LogP contribution is -2.24. The fourth-order valence-corrected chi connectivity index (χ4v) is 4.34. The van der Waals surface area contributed by atoms with Gasteiger partial charge in [0.05, 0.1) is 36.4 Å². The first-order valence-electron chi connectivity index (χ1n) is 10.1. The van der Waals surface area contributed by atoms with Gasteiger partial charge in [-0.15, -0.1) is 11.3 Å². The third kappa shape index (κ3) is 5.47. The van der Waals surface area contributed by atoms with E-state index >= 15 is 0 Å². The predicted octanol–water partition coefficient (Wildman–Crippen LogP) is 4.57. The summed E-state index contributed by atoms with van der Waals surface area (Å²) in [5.74, 6) is -1.86. The summed E-state index contributed by atoms with van der Waals surface area (Å²) in [6, 6.07) is 2.32. The number of benzene rings is 1. The van der Waals surface area contributed by atoms with Crippen molar-refractivity contribution in [2.75, 3.05) is 13.7 Å². The highest BCUT2D eigenvalue weighted by Gasteiger charge is 2.33. The first-order chi connectivity index (χ1) is 14.9. The summed E-state index contributed by atoms with van der Waals surface area (Å²) in [7, 11) is 1.09. The minimum atomic E-state index is -4.67. The molecule has 0 spiro atoms. The van der Waals surface area contributed by atoms with Crippen molar-refractivity contribution in [1.82, 2.24) is 4.57 Å². The number of alkyl halides is 3. The Morgan fingerprint density at radius 3 is 2.53 bits per heavy atom. The van der Waals surface area contributed by atoms with Crippen molar-refractivity contribution in [2.45, 2.75) is 57.9 Å². The van der Waals surface area contributed by atoms with Gasteiger partial charge in [-0.25, -0.2) is 4.79 Å². The van der Waals surface area contributed by atoms with Crippen LogP contribution in [0.5, 0.6) is 0 Å². The first kappa shape index (κ1) is 24.2. The van der Waals surface area contributed by atoms with Crippen LogP contribution >= 0.6 is 11.3 Å². The van der Waals surface area contributed by atoms with Crippen molar-refractivity contribution < 1.29 is 32.2 Å². The van der Waals surface area contributed by atoms with Gasteiger partial charge in [-0.3, -0.25) is 4.79 Å². The number of nitrogens with zero attached hydrogens (tertiary/aromatic N) is 2. The molecule has 1 aromatic carbocycles. The number of methoxy groups -OCH3 is 1. The highest BCUT2D eigenvalue weighted by molar-refractivity contribution is 7.09. The van der Waals surface area contributed by atoms with Crippen LogP contribution in [0.25, 0.3) is 0 Å². The normalized spacial score (nSPS) is 17.6. The lowest BCUT2D eigenvalue weighted by Gasteiger charge is -2.15. The molecule has 0 N–H and O–H groups in total. The van der Waals surface area contributed by atoms with Gasteiger partial charge >= 0.3 is 12.1 Å². The van der Waals surface area contributed by atoms with Crippen LogP contribution in [0.3, 0.4) is 0 Å². The van der Waals surface area contributed by atoms with E-state index in [0.29, 0.717) is 24.0 Å². The SMILES string of the molecule is COC(=O)c1ccc(C(F)(F)F)cc1C(=O)/N=c1\sc(C(C)(C)C)cn1C[C@H]1CCCO1. The van der Waals surface area contributed by atoms with E-state index in [0.717, 1.165) is 37.0 Å². The molecule has 174 valence electrons. The maximum Gasteiger partial charge on any atom is 0.416 e. The molecule has 1 aromatic heterocycles. The van der Waals surface area contributed by atoms with Gasteiger partial charge in [0, 0.05) is 17.7 Å². The summed E-state index contributed by atoms with van der Waals surface area (Å²) in [5, 5.41) is 0. The van der Waals surface area contributed by atoms with Crippen LogP contribution in [0, 0.1) is 0 Å². The van der Waals surface area contributed by atoms with E-state index in [1.54, 1.807) is 4.57 Å². The summed E-state index contributed by atoms with van der Waals surface area (Å²) in [6.07, 6.45) is -0.982. The van der Waals surface area contributed by atoms with E-state index in [1.807, 2.05) is 27.0 Å². The van der Waals surface area contributed by atoms with E-state index in [-0.39, 0.29) is 17.1 Å². The lowest BCUT2D eigenvalue weighted by molar-refractivity contribution is -0.137. The number of rotatable bonds is 4. The third-order valence-corrected chi connectivity index (χ3v) is 6.51. The van der Waals surface area contributed by atoms with E-state index < -0.39 is 29.2 Å². The molecule has 1 amide bonds. The molecule has 0 bridgehead atoms. The van der Waals surface area contributed by atoms with Crippen molar-refractivity contribution in [3.8, 4) is 0 Å². The average molecular weight is 471 g/mol. The Kier molecular flexibility index (Phi) is 6.94. The summed E-state index contributed by atoms with van der Waals surface area (Å²) in [4.78, 5) is 30.5. The molecule has 1 saturated heterocycles. The van der Waals surface area contributed by atoms with Gasteiger partial charge < -0.3 is 14.0 Å². The van der Waals surface area contributed by atoms with E-state index in [1.165, 1.54) is 11.3 Å². The van der Waals surface area contributed by atoms with Crippen molar-refractivity contribution in [3.05, 3.63) is 50.8 Å². The second kappa shape index (κ2) is 9.19. The number of halogens is 3. The predicted molar refractivity (Wildman–Crippen MR) is 113 cm³/mol. The summed E-state index contributed by atoms with van der Waals surface area (Å²) in [6.45, 7) is 7.19. The van der Waals surface area contributed by atoms with Gasteiger partial charge in [0.1, 0.15) is 0 Å². The Morgan fingerprint density at radius 2 is 1.97 bits per heavy atom. The standard InChI is InChI=1S/C22H25F3N2O4S/c1-21(2,3)17-12-27(11-14-6-5-9-31-14)20(32-17)26-18(28)16-10-13(22(23,24)25)7-8-15(16)19(29)30-4/h7-8,10,12,14H,5-6,9,11H2,1-4H3/b26-20-/t14-/m1/s1. The molecule has 2 aromatic rings. The summed E-state index contributed by atoms with van der Waals surface area (Å²) < 4.78 is 51.8. The molecule has 0 unspecified atom stereocenters. The molecule has 1 aliphatic rings. The smallest absolute Gasteiger partial charge is 0.416 e. The molecular formula is C22H25F3N2O4S. The molecule has 10 heteroatoms. The number of ether oxygens (including phenoxy) is 2. The molecule has 6 nitrogen and oxygen atoms in total. The Hall–Kier alpha value is -2.46. The van der Waals surface area contributed by atoms with Crippen LogP contribution in [0.4, 0.5) is 13.2 Å². The molecule has 32 heavy (non-hydrogen) atoms. The molecule has 1 fully saturated rings. The monoisotopic (exact) mass is 470 g/mol. The average Bonchev–Trinajstić information content (AvgIpc) is 3.36. The van der Waals surface area contributed by atoms with Crippen molar-refractivity contribution in [3.63, 3.8) is 0 Å². The van der Waals surface area contributed by atoms with Gasteiger partial charge in [0.2, 0.25) is 0 Å². The van der Waals surface area contributed by atoms with Crippen molar-refractivity contribution in [2.24, 2.45) is 4.99 Å². The highest BCUT2D eigenvalue weighted by Crippen LogP contribution is 2.31. The molecule has 1 aliphatic heterocycles. The van der Waals surface area contributed by atoms with Crippen LogP contribution in [-0.2, 0) is 27.6 Å². The van der Waals surface area contributed by atoms with Crippen LogP contribution < -0.4 is 4.80 Å². The minimum absolute atomic E-state index is 0.0225. The maximum atomic E-state index is 13.2. The first-order valence-corrected chi connectivity index (χ1v) is 10.9. The largest absolute Gasteiger partial charge is 0.465 e. The quantitative estimate of drug-likeness (QED) is 0.614. The zero-order valence-corrected chi connectivity index (χ0v) is 19.1. The van der Waals surface area contributed by atoms with Gasteiger partial charge in [-0.1, -0.05) is 20.8 Å². The Labute approximate surface area is 187 Å². The number of carbonyl (C=O) groups excluding carboxylic acids is 2. The molecule has 0 aliphatic carbocycles. The zero-order valence-electron chi connectivity index (χ0n) is 18.3. The lowest BCUT2D eigenvalue weighted by atomic mass is 9.95. The Bertz CT molecular complexity index is 1070. The van der Waals surface area contributed by atoms with Gasteiger partial charge in [0.15, 0.2) is 4.80 Å². The fraction of sp³-hybridized carbons (Fsp3) is 0.500. The number of amides is 1. The molecule has 1 atom stereocenters. The van der Waals surface area contributed by atoms with Crippen LogP contribution in [0.2, 0.25) is 0 Å². The van der Waals surface area contributed by atoms with E-state index in [4.69, 9.17) is 4.74 Å².